The molecule has 1 amide bonds. The topological polar surface area (TPSA) is 88.5 Å². The fraction of sp³-hybridized carbons (Fsp3) is 0.0909. The quantitative estimate of drug-likeness (QED) is 0.486. The van der Waals surface area contributed by atoms with Crippen LogP contribution in [-0.2, 0) is 6.54 Å². The van der Waals surface area contributed by atoms with Gasteiger partial charge in [0.2, 0.25) is 0 Å². The summed E-state index contributed by atoms with van der Waals surface area (Å²) in [5, 5.41) is 11.2. The lowest BCUT2D eigenvalue weighted by Gasteiger charge is -2.09. The minimum Gasteiger partial charge on any atom is -0.338 e. The second-order valence-corrected chi connectivity index (χ2v) is 6.71. The summed E-state index contributed by atoms with van der Waals surface area (Å²) < 4.78 is 1.80. The Kier molecular flexibility index (Phi) is 4.05. The van der Waals surface area contributed by atoms with Crippen LogP contribution in [-0.4, -0.2) is 30.9 Å². The number of benzene rings is 3. The van der Waals surface area contributed by atoms with Crippen LogP contribution >= 0.6 is 0 Å². The molecule has 2 N–H and O–H groups in total. The average molecular weight is 382 g/mol. The van der Waals surface area contributed by atoms with Gasteiger partial charge in [0.15, 0.2) is 0 Å². The molecule has 5 rings (SSSR count). The van der Waals surface area contributed by atoms with Crippen LogP contribution in [0.3, 0.4) is 0 Å². The standard InChI is InChI=1S/C22H18N6O/c1-2-28-20-12-11-14(13-19(20)26-27-28)22(29)25-16-8-4-3-7-15(16)21-23-17-9-5-6-10-18(17)24-21/h3-13H,2H2,1H3,(H,23,24)(H,25,29). The number of aromatic amines is 1. The third-order valence-electron chi connectivity index (χ3n) is 4.90. The molecule has 0 spiro atoms. The fourth-order valence-corrected chi connectivity index (χ4v) is 3.42. The Morgan fingerprint density at radius 2 is 1.86 bits per heavy atom. The maximum absolute atomic E-state index is 12.9. The second kappa shape index (κ2) is 6.87. The Hall–Kier alpha value is -4.00. The van der Waals surface area contributed by atoms with Gasteiger partial charge in [-0.2, -0.15) is 0 Å². The van der Waals surface area contributed by atoms with Gasteiger partial charge in [0.1, 0.15) is 11.3 Å². The van der Waals surface area contributed by atoms with Crippen LogP contribution in [0.25, 0.3) is 33.5 Å². The summed E-state index contributed by atoms with van der Waals surface area (Å²) in [4.78, 5) is 20.9. The van der Waals surface area contributed by atoms with Crippen LogP contribution in [0.4, 0.5) is 5.69 Å². The van der Waals surface area contributed by atoms with Crippen molar-refractivity contribution in [1.29, 1.82) is 0 Å². The third kappa shape index (κ3) is 3.02. The van der Waals surface area contributed by atoms with Gasteiger partial charge in [-0.15, -0.1) is 5.10 Å². The van der Waals surface area contributed by atoms with E-state index in [0.717, 1.165) is 28.7 Å². The summed E-state index contributed by atoms with van der Waals surface area (Å²) in [6, 6.07) is 20.9. The molecule has 0 unspecified atom stereocenters. The van der Waals surface area contributed by atoms with Crippen LogP contribution in [0, 0.1) is 0 Å². The Labute approximate surface area is 166 Å². The molecule has 7 heteroatoms. The summed E-state index contributed by atoms with van der Waals surface area (Å²) >= 11 is 0. The van der Waals surface area contributed by atoms with E-state index in [0.29, 0.717) is 22.6 Å². The van der Waals surface area contributed by atoms with Crippen LogP contribution < -0.4 is 5.32 Å². The van der Waals surface area contributed by atoms with Crippen molar-refractivity contribution in [1.82, 2.24) is 25.0 Å². The third-order valence-corrected chi connectivity index (χ3v) is 4.90. The van der Waals surface area contributed by atoms with Crippen molar-refractivity contribution in [2.45, 2.75) is 13.5 Å². The summed E-state index contributed by atoms with van der Waals surface area (Å²) in [6.45, 7) is 2.73. The van der Waals surface area contributed by atoms with Gasteiger partial charge in [-0.05, 0) is 49.4 Å². The highest BCUT2D eigenvalue weighted by Gasteiger charge is 2.14. The molecule has 0 bridgehead atoms. The maximum Gasteiger partial charge on any atom is 0.255 e. The zero-order valence-electron chi connectivity index (χ0n) is 15.8. The number of fused-ring (bicyclic) bond motifs is 2. The van der Waals surface area contributed by atoms with E-state index in [2.05, 4.69) is 25.6 Å². The van der Waals surface area contributed by atoms with Crippen LogP contribution in [0.5, 0.6) is 0 Å². The van der Waals surface area contributed by atoms with Gasteiger partial charge in [0, 0.05) is 17.7 Å². The number of hydrogen-bond donors (Lipinski definition) is 2. The Morgan fingerprint density at radius 3 is 2.72 bits per heavy atom. The zero-order valence-corrected chi connectivity index (χ0v) is 15.8. The van der Waals surface area contributed by atoms with E-state index in [9.17, 15) is 4.79 Å². The molecule has 2 aromatic heterocycles. The summed E-state index contributed by atoms with van der Waals surface area (Å²) in [5.41, 5.74) is 5.49. The van der Waals surface area contributed by atoms with Crippen molar-refractivity contribution in [3.05, 3.63) is 72.3 Å². The molecule has 0 saturated heterocycles. The summed E-state index contributed by atoms with van der Waals surface area (Å²) in [5.74, 6) is 0.505. The lowest BCUT2D eigenvalue weighted by Crippen LogP contribution is -2.12. The number of nitrogens with zero attached hydrogens (tertiary/aromatic N) is 4. The van der Waals surface area contributed by atoms with Gasteiger partial charge in [-0.1, -0.05) is 29.5 Å². The molecule has 0 aliphatic heterocycles. The SMILES string of the molecule is CCn1nnc2cc(C(=O)Nc3ccccc3-c3nc4ccccc4[nH]3)ccc21. The van der Waals surface area contributed by atoms with E-state index in [-0.39, 0.29) is 5.91 Å². The number of para-hydroxylation sites is 3. The molecule has 5 aromatic rings. The normalized spacial score (nSPS) is 11.2. The first kappa shape index (κ1) is 17.1. The highest BCUT2D eigenvalue weighted by atomic mass is 16.1. The number of amides is 1. The molecule has 3 aromatic carbocycles. The molecule has 0 aliphatic rings. The number of H-pyrrole nitrogens is 1. The highest BCUT2D eigenvalue weighted by molar-refractivity contribution is 6.07. The van der Waals surface area contributed by atoms with Crippen LogP contribution in [0.15, 0.2) is 66.7 Å². The lowest BCUT2D eigenvalue weighted by molar-refractivity contribution is 0.102. The van der Waals surface area contributed by atoms with Crippen molar-refractivity contribution >= 4 is 33.7 Å². The average Bonchev–Trinajstić information content (AvgIpc) is 3.37. The number of aromatic nitrogens is 5. The number of anilines is 1. The summed E-state index contributed by atoms with van der Waals surface area (Å²) in [6.07, 6.45) is 0. The monoisotopic (exact) mass is 382 g/mol. The molecule has 0 atom stereocenters. The minimum absolute atomic E-state index is 0.207. The number of rotatable bonds is 4. The van der Waals surface area contributed by atoms with Gasteiger partial charge < -0.3 is 10.3 Å². The molecule has 0 aliphatic carbocycles. The first-order valence-corrected chi connectivity index (χ1v) is 9.41. The van der Waals surface area contributed by atoms with Gasteiger partial charge in [0.25, 0.3) is 5.91 Å². The first-order chi connectivity index (χ1) is 14.2. The van der Waals surface area contributed by atoms with E-state index in [4.69, 9.17) is 0 Å². The number of nitrogens with one attached hydrogen (secondary N) is 2. The van der Waals surface area contributed by atoms with E-state index < -0.39 is 0 Å². The van der Waals surface area contributed by atoms with Gasteiger partial charge in [-0.3, -0.25) is 4.79 Å². The van der Waals surface area contributed by atoms with Crippen molar-refractivity contribution in [3.63, 3.8) is 0 Å². The largest absolute Gasteiger partial charge is 0.338 e. The highest BCUT2D eigenvalue weighted by Crippen LogP contribution is 2.28. The van der Waals surface area contributed by atoms with Crippen molar-refractivity contribution < 1.29 is 4.79 Å². The van der Waals surface area contributed by atoms with E-state index in [1.165, 1.54) is 0 Å². The van der Waals surface area contributed by atoms with E-state index in [1.54, 1.807) is 16.8 Å². The molecular formula is C22H18N6O. The van der Waals surface area contributed by atoms with Gasteiger partial charge >= 0.3 is 0 Å². The van der Waals surface area contributed by atoms with Crippen molar-refractivity contribution in [3.8, 4) is 11.4 Å². The van der Waals surface area contributed by atoms with E-state index in [1.807, 2.05) is 61.5 Å². The number of hydrogen-bond acceptors (Lipinski definition) is 4. The second-order valence-electron chi connectivity index (χ2n) is 6.71. The molecule has 0 fully saturated rings. The maximum atomic E-state index is 12.9. The predicted molar refractivity (Wildman–Crippen MR) is 113 cm³/mol. The fourth-order valence-electron chi connectivity index (χ4n) is 3.42. The molecular weight excluding hydrogens is 364 g/mol. The van der Waals surface area contributed by atoms with Gasteiger partial charge in [-0.25, -0.2) is 9.67 Å². The Balaban J connectivity index is 1.48. The number of aryl methyl sites for hydroxylation is 1. The molecule has 29 heavy (non-hydrogen) atoms. The van der Waals surface area contributed by atoms with Crippen molar-refractivity contribution in [2.24, 2.45) is 0 Å². The van der Waals surface area contributed by atoms with Crippen LogP contribution in [0.1, 0.15) is 17.3 Å². The smallest absolute Gasteiger partial charge is 0.255 e. The van der Waals surface area contributed by atoms with Crippen LogP contribution in [0.2, 0.25) is 0 Å². The van der Waals surface area contributed by atoms with E-state index >= 15 is 0 Å². The Bertz CT molecular complexity index is 1320. The minimum atomic E-state index is -0.207. The zero-order chi connectivity index (χ0) is 19.8. The molecule has 0 radical (unpaired) electrons. The lowest BCUT2D eigenvalue weighted by atomic mass is 10.1. The Morgan fingerprint density at radius 1 is 1.03 bits per heavy atom. The summed E-state index contributed by atoms with van der Waals surface area (Å²) in [7, 11) is 0. The molecule has 2 heterocycles. The molecule has 0 saturated carbocycles. The molecule has 142 valence electrons. The van der Waals surface area contributed by atoms with Crippen molar-refractivity contribution in [2.75, 3.05) is 5.32 Å². The number of imidazole rings is 1. The number of carbonyl (C=O) groups is 1. The predicted octanol–water partition coefficient (Wildman–Crippen LogP) is 4.25. The molecule has 7 nitrogen and oxygen atoms in total. The number of carbonyl (C=O) groups excluding carboxylic acids is 1. The van der Waals surface area contributed by atoms with Gasteiger partial charge in [0.05, 0.1) is 22.2 Å². The first-order valence-electron chi connectivity index (χ1n) is 9.41.